The first-order valence-electron chi connectivity index (χ1n) is 7.02. The number of aliphatic hydroxyl groups excluding tert-OH is 1. The fourth-order valence-corrected chi connectivity index (χ4v) is 2.27. The van der Waals surface area contributed by atoms with E-state index in [0.29, 0.717) is 12.2 Å². The summed E-state index contributed by atoms with van der Waals surface area (Å²) in [5.41, 5.74) is 0.574. The topological polar surface area (TPSA) is 95.7 Å². The molecule has 0 atom stereocenters. The first-order chi connectivity index (χ1) is 10.1. The quantitative estimate of drug-likeness (QED) is 0.588. The lowest BCUT2D eigenvalue weighted by Gasteiger charge is -2.21. The zero-order chi connectivity index (χ0) is 15.4. The minimum atomic E-state index is -0.498. The Hall–Kier alpha value is -2.15. The van der Waals surface area contributed by atoms with Gasteiger partial charge in [-0.1, -0.05) is 0 Å². The molecule has 114 valence electrons. The van der Waals surface area contributed by atoms with E-state index in [1.54, 1.807) is 17.0 Å². The van der Waals surface area contributed by atoms with Gasteiger partial charge in [-0.3, -0.25) is 14.9 Å². The average Bonchev–Trinajstić information content (AvgIpc) is 3.29. The normalized spacial score (nSPS) is 13.8. The Bertz CT molecular complexity index is 543. The Morgan fingerprint density at radius 3 is 2.76 bits per heavy atom. The summed E-state index contributed by atoms with van der Waals surface area (Å²) in [6.07, 6.45) is 1.84. The Morgan fingerprint density at radius 2 is 2.24 bits per heavy atom. The molecule has 0 aromatic heterocycles. The number of nitrogens with one attached hydrogen (secondary N) is 1. The van der Waals surface area contributed by atoms with Gasteiger partial charge in [0.1, 0.15) is 5.69 Å². The molecule has 0 saturated heterocycles. The number of amides is 1. The van der Waals surface area contributed by atoms with E-state index in [0.717, 1.165) is 12.8 Å². The molecule has 7 heteroatoms. The number of aliphatic hydroxyl groups is 1. The van der Waals surface area contributed by atoms with Crippen molar-refractivity contribution in [3.8, 4) is 0 Å². The summed E-state index contributed by atoms with van der Waals surface area (Å²) in [4.78, 5) is 24.6. The highest BCUT2D eigenvalue weighted by molar-refractivity contribution is 5.96. The molecule has 0 unspecified atom stereocenters. The lowest BCUT2D eigenvalue weighted by molar-refractivity contribution is -0.384. The minimum absolute atomic E-state index is 0.109. The Morgan fingerprint density at radius 1 is 1.52 bits per heavy atom. The molecule has 21 heavy (non-hydrogen) atoms. The molecule has 0 spiro atoms. The third kappa shape index (κ3) is 3.49. The average molecular weight is 293 g/mol. The minimum Gasteiger partial charge on any atom is -0.395 e. The number of nitro groups is 1. The van der Waals surface area contributed by atoms with Crippen LogP contribution in [0.25, 0.3) is 0 Å². The van der Waals surface area contributed by atoms with Gasteiger partial charge in [-0.25, -0.2) is 0 Å². The van der Waals surface area contributed by atoms with Gasteiger partial charge in [0.25, 0.3) is 11.6 Å². The van der Waals surface area contributed by atoms with Gasteiger partial charge >= 0.3 is 0 Å². The van der Waals surface area contributed by atoms with Crippen LogP contribution in [0.3, 0.4) is 0 Å². The van der Waals surface area contributed by atoms with Gasteiger partial charge in [-0.05, 0) is 31.9 Å². The van der Waals surface area contributed by atoms with E-state index in [4.69, 9.17) is 5.11 Å². The van der Waals surface area contributed by atoms with Crippen LogP contribution in [0.2, 0.25) is 0 Å². The summed E-state index contributed by atoms with van der Waals surface area (Å²) in [5.74, 6) is -0.266. The summed E-state index contributed by atoms with van der Waals surface area (Å²) in [6, 6.07) is 4.59. The standard InChI is InChI=1S/C14H19N3O4/c1-2-15-12-6-3-10(9-13(12)17(20)21)14(19)16(7-8-18)11-4-5-11/h3,6,9,11,15,18H,2,4-5,7-8H2,1H3. The van der Waals surface area contributed by atoms with E-state index < -0.39 is 4.92 Å². The van der Waals surface area contributed by atoms with Crippen LogP contribution in [0.4, 0.5) is 11.4 Å². The van der Waals surface area contributed by atoms with Gasteiger partial charge in [-0.2, -0.15) is 0 Å². The maximum absolute atomic E-state index is 12.4. The van der Waals surface area contributed by atoms with Crippen molar-refractivity contribution < 1.29 is 14.8 Å². The monoisotopic (exact) mass is 293 g/mol. The van der Waals surface area contributed by atoms with Gasteiger partial charge in [0, 0.05) is 30.8 Å². The zero-order valence-corrected chi connectivity index (χ0v) is 11.9. The van der Waals surface area contributed by atoms with E-state index in [1.807, 2.05) is 6.92 Å². The van der Waals surface area contributed by atoms with Crippen LogP contribution in [0.5, 0.6) is 0 Å². The fraction of sp³-hybridized carbons (Fsp3) is 0.500. The highest BCUT2D eigenvalue weighted by Gasteiger charge is 2.33. The van der Waals surface area contributed by atoms with Crippen LogP contribution in [0.15, 0.2) is 18.2 Å². The van der Waals surface area contributed by atoms with Crippen molar-refractivity contribution in [2.75, 3.05) is 25.0 Å². The Labute approximate surface area is 122 Å². The predicted molar refractivity (Wildman–Crippen MR) is 78.4 cm³/mol. The Balaban J connectivity index is 2.28. The molecule has 1 fully saturated rings. The molecule has 1 aromatic carbocycles. The van der Waals surface area contributed by atoms with E-state index in [2.05, 4.69) is 5.32 Å². The molecular weight excluding hydrogens is 274 g/mol. The smallest absolute Gasteiger partial charge is 0.293 e. The van der Waals surface area contributed by atoms with Crippen molar-refractivity contribution in [1.82, 2.24) is 4.90 Å². The van der Waals surface area contributed by atoms with Crippen molar-refractivity contribution >= 4 is 17.3 Å². The van der Waals surface area contributed by atoms with Crippen molar-refractivity contribution in [3.05, 3.63) is 33.9 Å². The third-order valence-corrected chi connectivity index (χ3v) is 3.40. The molecule has 0 aliphatic heterocycles. The van der Waals surface area contributed by atoms with Crippen LogP contribution in [0, 0.1) is 10.1 Å². The van der Waals surface area contributed by atoms with Crippen molar-refractivity contribution in [3.63, 3.8) is 0 Å². The number of hydrogen-bond donors (Lipinski definition) is 2. The maximum atomic E-state index is 12.4. The summed E-state index contributed by atoms with van der Waals surface area (Å²) in [5, 5.41) is 23.1. The summed E-state index contributed by atoms with van der Waals surface area (Å²) >= 11 is 0. The molecule has 7 nitrogen and oxygen atoms in total. The molecule has 2 rings (SSSR count). The van der Waals surface area contributed by atoms with Crippen molar-refractivity contribution in [2.45, 2.75) is 25.8 Å². The van der Waals surface area contributed by atoms with Crippen LogP contribution in [-0.4, -0.2) is 46.6 Å². The largest absolute Gasteiger partial charge is 0.395 e. The van der Waals surface area contributed by atoms with Gasteiger partial charge in [0.15, 0.2) is 0 Å². The number of carbonyl (C=O) groups excluding carboxylic acids is 1. The van der Waals surface area contributed by atoms with Crippen LogP contribution >= 0.6 is 0 Å². The molecule has 0 bridgehead atoms. The van der Waals surface area contributed by atoms with E-state index >= 15 is 0 Å². The number of benzene rings is 1. The maximum Gasteiger partial charge on any atom is 0.293 e. The second-order valence-corrected chi connectivity index (χ2v) is 4.97. The molecular formula is C14H19N3O4. The number of anilines is 1. The highest BCUT2D eigenvalue weighted by atomic mass is 16.6. The van der Waals surface area contributed by atoms with Crippen LogP contribution in [-0.2, 0) is 0 Å². The number of nitrogens with zero attached hydrogens (tertiary/aromatic N) is 2. The van der Waals surface area contributed by atoms with Gasteiger partial charge in [0.05, 0.1) is 11.5 Å². The molecule has 1 aliphatic rings. The van der Waals surface area contributed by atoms with E-state index in [9.17, 15) is 14.9 Å². The zero-order valence-electron chi connectivity index (χ0n) is 11.9. The first-order valence-corrected chi connectivity index (χ1v) is 7.02. The number of rotatable bonds is 7. The first kappa shape index (κ1) is 15.2. The second kappa shape index (κ2) is 6.53. The Kier molecular flexibility index (Phi) is 4.74. The van der Waals surface area contributed by atoms with E-state index in [1.165, 1.54) is 6.07 Å². The SMILES string of the molecule is CCNc1ccc(C(=O)N(CCO)C2CC2)cc1[N+](=O)[O-]. The molecule has 0 radical (unpaired) electrons. The van der Waals surface area contributed by atoms with Gasteiger partial charge in [0.2, 0.25) is 0 Å². The predicted octanol–water partition coefficient (Wildman–Crippen LogP) is 1.62. The molecule has 1 aromatic rings. The number of hydrogen-bond acceptors (Lipinski definition) is 5. The molecule has 0 heterocycles. The van der Waals surface area contributed by atoms with Gasteiger partial charge in [-0.15, -0.1) is 0 Å². The highest BCUT2D eigenvalue weighted by Crippen LogP contribution is 2.30. The number of nitro benzene ring substituents is 1. The van der Waals surface area contributed by atoms with Crippen LogP contribution < -0.4 is 5.32 Å². The number of carbonyl (C=O) groups is 1. The fourth-order valence-electron chi connectivity index (χ4n) is 2.27. The summed E-state index contributed by atoms with van der Waals surface area (Å²) in [6.45, 7) is 2.55. The summed E-state index contributed by atoms with van der Waals surface area (Å²) in [7, 11) is 0. The molecule has 1 aliphatic carbocycles. The van der Waals surface area contributed by atoms with Crippen LogP contribution in [0.1, 0.15) is 30.1 Å². The van der Waals surface area contributed by atoms with Crippen molar-refractivity contribution in [1.29, 1.82) is 0 Å². The van der Waals surface area contributed by atoms with Crippen molar-refractivity contribution in [2.24, 2.45) is 0 Å². The summed E-state index contributed by atoms with van der Waals surface area (Å²) < 4.78 is 0. The lowest BCUT2D eigenvalue weighted by atomic mass is 10.1. The molecule has 1 saturated carbocycles. The molecule has 1 amide bonds. The lowest BCUT2D eigenvalue weighted by Crippen LogP contribution is -2.35. The second-order valence-electron chi connectivity index (χ2n) is 4.97. The molecule has 2 N–H and O–H groups in total. The third-order valence-electron chi connectivity index (χ3n) is 3.40. The van der Waals surface area contributed by atoms with Gasteiger partial charge < -0.3 is 15.3 Å². The van der Waals surface area contributed by atoms with E-state index in [-0.39, 0.29) is 36.4 Å².